The van der Waals surface area contributed by atoms with Crippen molar-refractivity contribution >= 4 is 5.69 Å². The minimum absolute atomic E-state index is 0.323. The molecule has 0 amide bonds. The van der Waals surface area contributed by atoms with Gasteiger partial charge in [0.25, 0.3) is 0 Å². The molecule has 0 aliphatic rings. The number of hydrogen-bond donors (Lipinski definition) is 1. The number of anilines is 1. The van der Waals surface area contributed by atoms with E-state index in [1.54, 1.807) is 6.07 Å². The topological polar surface area (TPSA) is 74.2 Å². The van der Waals surface area contributed by atoms with Crippen LogP contribution in [0.4, 0.5) is 5.69 Å². The normalized spacial score (nSPS) is 10.3. The van der Waals surface area contributed by atoms with Crippen LogP contribution in [0.15, 0.2) is 35.5 Å². The van der Waals surface area contributed by atoms with Crippen molar-refractivity contribution in [1.29, 1.82) is 0 Å². The fourth-order valence-corrected chi connectivity index (χ4v) is 1.58. The zero-order valence-electron chi connectivity index (χ0n) is 10.2. The number of aryl methyl sites for hydroxylation is 1. The van der Waals surface area contributed by atoms with Crippen LogP contribution in [0, 0.1) is 6.92 Å². The Hall–Kier alpha value is -2.30. The van der Waals surface area contributed by atoms with Gasteiger partial charge in [0.15, 0.2) is 0 Å². The molecule has 2 N–H and O–H groups in total. The maximum Gasteiger partial charge on any atom is 0.145 e. The number of nitrogen functional groups attached to an aromatic ring is 1. The third kappa shape index (κ3) is 2.68. The molecule has 18 heavy (non-hydrogen) atoms. The highest BCUT2D eigenvalue weighted by molar-refractivity contribution is 5.48. The maximum atomic E-state index is 5.75. The molecule has 2 rings (SSSR count). The van der Waals surface area contributed by atoms with Gasteiger partial charge in [0.2, 0.25) is 0 Å². The number of rotatable bonds is 5. The van der Waals surface area contributed by atoms with Gasteiger partial charge in [-0.15, -0.1) is 6.58 Å². The van der Waals surface area contributed by atoms with Crippen LogP contribution in [0.1, 0.15) is 17.0 Å². The maximum absolute atomic E-state index is 5.75. The molecule has 2 aromatic rings. The van der Waals surface area contributed by atoms with Gasteiger partial charge in [-0.05, 0) is 37.1 Å². The second-order valence-corrected chi connectivity index (χ2v) is 3.94. The lowest BCUT2D eigenvalue weighted by Crippen LogP contribution is -2.01. The molecule has 0 unspecified atom stereocenters. The Balaban J connectivity index is 2.13. The first-order valence-corrected chi connectivity index (χ1v) is 5.61. The van der Waals surface area contributed by atoms with Crippen molar-refractivity contribution in [3.05, 3.63) is 47.8 Å². The Kier molecular flexibility index (Phi) is 3.62. The van der Waals surface area contributed by atoms with E-state index in [4.69, 9.17) is 10.5 Å². The predicted octanol–water partition coefficient (Wildman–Crippen LogP) is 2.27. The number of nitrogens with two attached hydrogens (primary N) is 1. The van der Waals surface area contributed by atoms with Gasteiger partial charge in [0, 0.05) is 5.69 Å². The van der Waals surface area contributed by atoms with Crippen molar-refractivity contribution in [2.75, 3.05) is 5.73 Å². The molecule has 0 atom stereocenters. The average molecular weight is 245 g/mol. The number of benzene rings is 1. The molecule has 0 aliphatic carbocycles. The van der Waals surface area contributed by atoms with Gasteiger partial charge in [-0.25, -0.2) is 4.63 Å². The zero-order valence-corrected chi connectivity index (χ0v) is 10.2. The number of nitrogens with zero attached hydrogens (tertiary/aromatic N) is 2. The average Bonchev–Trinajstić information content (AvgIpc) is 2.74. The third-order valence-corrected chi connectivity index (χ3v) is 2.56. The van der Waals surface area contributed by atoms with E-state index >= 15 is 0 Å². The molecule has 94 valence electrons. The number of hydrogen-bond acceptors (Lipinski definition) is 5. The summed E-state index contributed by atoms with van der Waals surface area (Å²) in [5.41, 5.74) is 8.87. The van der Waals surface area contributed by atoms with E-state index in [2.05, 4.69) is 21.5 Å². The summed E-state index contributed by atoms with van der Waals surface area (Å²) >= 11 is 0. The Labute approximate surface area is 105 Å². The smallest absolute Gasteiger partial charge is 0.145 e. The van der Waals surface area contributed by atoms with E-state index in [-0.39, 0.29) is 0 Å². The lowest BCUT2D eigenvalue weighted by molar-refractivity contribution is 0.269. The molecule has 5 heteroatoms. The van der Waals surface area contributed by atoms with Crippen LogP contribution in [0.25, 0.3) is 0 Å². The monoisotopic (exact) mass is 245 g/mol. The molecule has 0 radical (unpaired) electrons. The summed E-state index contributed by atoms with van der Waals surface area (Å²) in [5, 5.41) is 7.47. The van der Waals surface area contributed by atoms with Gasteiger partial charge in [-0.3, -0.25) is 0 Å². The Morgan fingerprint density at radius 1 is 1.44 bits per heavy atom. The summed E-state index contributed by atoms with van der Waals surface area (Å²) in [5.74, 6) is 0.770. The first-order chi connectivity index (χ1) is 8.70. The van der Waals surface area contributed by atoms with Gasteiger partial charge in [0.1, 0.15) is 23.7 Å². The Morgan fingerprint density at radius 2 is 2.28 bits per heavy atom. The Bertz CT molecular complexity index is 549. The highest BCUT2D eigenvalue weighted by atomic mass is 16.6. The number of ether oxygens (including phenoxy) is 1. The molecule has 1 aromatic carbocycles. The van der Waals surface area contributed by atoms with Gasteiger partial charge >= 0.3 is 0 Å². The van der Waals surface area contributed by atoms with E-state index in [1.807, 2.05) is 25.1 Å². The SMILES string of the molecule is C=CCc1cc(N)ccc1OCc1nonc1C. The van der Waals surface area contributed by atoms with Crippen LogP contribution in [-0.2, 0) is 13.0 Å². The van der Waals surface area contributed by atoms with Crippen molar-refractivity contribution in [1.82, 2.24) is 10.3 Å². The van der Waals surface area contributed by atoms with Crippen molar-refractivity contribution in [2.24, 2.45) is 0 Å². The van der Waals surface area contributed by atoms with Crippen molar-refractivity contribution in [3.63, 3.8) is 0 Å². The van der Waals surface area contributed by atoms with Crippen LogP contribution in [0.2, 0.25) is 0 Å². The lowest BCUT2D eigenvalue weighted by atomic mass is 10.1. The standard InChI is InChI=1S/C13H15N3O2/c1-3-4-10-7-11(14)5-6-13(10)17-8-12-9(2)15-18-16-12/h3,5-7H,1,4,8,14H2,2H3. The number of allylic oxidation sites excluding steroid dienone is 1. The van der Waals surface area contributed by atoms with E-state index in [0.717, 1.165) is 17.0 Å². The summed E-state index contributed by atoms with van der Waals surface area (Å²) in [6.07, 6.45) is 2.51. The van der Waals surface area contributed by atoms with E-state index in [1.165, 1.54) is 0 Å². The predicted molar refractivity (Wildman–Crippen MR) is 68.1 cm³/mol. The molecule has 0 fully saturated rings. The first-order valence-electron chi connectivity index (χ1n) is 5.61. The minimum Gasteiger partial charge on any atom is -0.487 e. The van der Waals surface area contributed by atoms with E-state index in [0.29, 0.717) is 24.4 Å². The van der Waals surface area contributed by atoms with Gasteiger partial charge in [-0.1, -0.05) is 16.4 Å². The fraction of sp³-hybridized carbons (Fsp3) is 0.231. The summed E-state index contributed by atoms with van der Waals surface area (Å²) in [6.45, 7) is 5.86. The van der Waals surface area contributed by atoms with Crippen molar-refractivity contribution < 1.29 is 9.37 Å². The van der Waals surface area contributed by atoms with Crippen LogP contribution >= 0.6 is 0 Å². The molecule has 0 saturated carbocycles. The summed E-state index contributed by atoms with van der Waals surface area (Å²) in [7, 11) is 0. The summed E-state index contributed by atoms with van der Waals surface area (Å²) in [4.78, 5) is 0. The molecule has 0 bridgehead atoms. The first kappa shape index (κ1) is 12.2. The van der Waals surface area contributed by atoms with Crippen LogP contribution in [0.3, 0.4) is 0 Å². The van der Waals surface area contributed by atoms with Gasteiger partial charge in [0.05, 0.1) is 0 Å². The number of aromatic nitrogens is 2. The van der Waals surface area contributed by atoms with E-state index < -0.39 is 0 Å². The van der Waals surface area contributed by atoms with Gasteiger partial charge in [-0.2, -0.15) is 0 Å². The molecule has 1 heterocycles. The van der Waals surface area contributed by atoms with Crippen LogP contribution in [0.5, 0.6) is 5.75 Å². The van der Waals surface area contributed by atoms with Crippen molar-refractivity contribution in [3.8, 4) is 5.75 Å². The quantitative estimate of drug-likeness (QED) is 0.646. The van der Waals surface area contributed by atoms with E-state index in [9.17, 15) is 0 Å². The lowest BCUT2D eigenvalue weighted by Gasteiger charge is -2.10. The minimum atomic E-state index is 0.323. The van der Waals surface area contributed by atoms with Crippen LogP contribution in [-0.4, -0.2) is 10.3 Å². The van der Waals surface area contributed by atoms with Crippen LogP contribution < -0.4 is 10.5 Å². The highest BCUT2D eigenvalue weighted by Gasteiger charge is 2.08. The molecular weight excluding hydrogens is 230 g/mol. The van der Waals surface area contributed by atoms with Gasteiger partial charge < -0.3 is 10.5 Å². The second-order valence-electron chi connectivity index (χ2n) is 3.94. The molecule has 5 nitrogen and oxygen atoms in total. The Morgan fingerprint density at radius 3 is 2.94 bits per heavy atom. The second kappa shape index (κ2) is 5.35. The zero-order chi connectivity index (χ0) is 13.0. The molecule has 1 aromatic heterocycles. The molecule has 0 aliphatic heterocycles. The third-order valence-electron chi connectivity index (χ3n) is 2.56. The molecule has 0 spiro atoms. The van der Waals surface area contributed by atoms with Crippen molar-refractivity contribution in [2.45, 2.75) is 20.0 Å². The molecule has 0 saturated heterocycles. The molecular formula is C13H15N3O2. The fourth-order valence-electron chi connectivity index (χ4n) is 1.58. The largest absolute Gasteiger partial charge is 0.487 e. The highest BCUT2D eigenvalue weighted by Crippen LogP contribution is 2.23. The summed E-state index contributed by atoms with van der Waals surface area (Å²) < 4.78 is 10.3. The summed E-state index contributed by atoms with van der Waals surface area (Å²) in [6, 6.07) is 5.53.